The van der Waals surface area contributed by atoms with E-state index in [9.17, 15) is 18.8 Å². The standard InChI is InChI=1S/C27H36ClFN4O4/c1-6-8-19-21(27(36)31-16(4)23(19)29)13-30-26(35)20-12-22(28)25(37-14-34)24(15(20)3)32-17-9-10-33(5)18(7-2)11-17/h12,14,17-18,32H,6-11,13H2,1-5H3,(H,30,35)(H,31,36). The van der Waals surface area contributed by atoms with Gasteiger partial charge >= 0.3 is 0 Å². The molecule has 10 heteroatoms. The number of aromatic nitrogens is 1. The van der Waals surface area contributed by atoms with E-state index < -0.39 is 17.3 Å². The zero-order valence-electron chi connectivity index (χ0n) is 22.1. The highest BCUT2D eigenvalue weighted by Crippen LogP contribution is 2.39. The number of nitrogens with zero attached hydrogens (tertiary/aromatic N) is 1. The molecule has 1 aromatic carbocycles. The lowest BCUT2D eigenvalue weighted by molar-refractivity contribution is -0.120. The maximum atomic E-state index is 14.7. The van der Waals surface area contributed by atoms with Crippen LogP contribution in [0.4, 0.5) is 10.1 Å². The number of aromatic amines is 1. The molecule has 0 spiro atoms. The molecule has 1 fully saturated rings. The van der Waals surface area contributed by atoms with Gasteiger partial charge in [0.2, 0.25) is 0 Å². The summed E-state index contributed by atoms with van der Waals surface area (Å²) >= 11 is 6.46. The molecule has 0 radical (unpaired) electrons. The Morgan fingerprint density at radius 3 is 2.70 bits per heavy atom. The lowest BCUT2D eigenvalue weighted by Crippen LogP contribution is -2.44. The molecule has 3 rings (SSSR count). The van der Waals surface area contributed by atoms with Gasteiger partial charge in [-0.05, 0) is 58.2 Å². The van der Waals surface area contributed by atoms with Gasteiger partial charge < -0.3 is 25.3 Å². The van der Waals surface area contributed by atoms with Gasteiger partial charge in [0.1, 0.15) is 5.82 Å². The number of piperidine rings is 1. The van der Waals surface area contributed by atoms with E-state index in [-0.39, 0.29) is 40.2 Å². The molecular formula is C27H36ClFN4O4. The van der Waals surface area contributed by atoms with Gasteiger partial charge in [-0.25, -0.2) is 4.39 Å². The molecular weight excluding hydrogens is 499 g/mol. The molecule has 1 aliphatic rings. The number of carbonyl (C=O) groups excluding carboxylic acids is 2. The average Bonchev–Trinajstić information content (AvgIpc) is 2.87. The number of hydrogen-bond acceptors (Lipinski definition) is 6. The Morgan fingerprint density at radius 2 is 2.05 bits per heavy atom. The normalized spacial score (nSPS) is 17.9. The lowest BCUT2D eigenvalue weighted by Gasteiger charge is -2.37. The number of amides is 1. The number of rotatable bonds is 10. The van der Waals surface area contributed by atoms with Gasteiger partial charge in [0, 0.05) is 41.9 Å². The summed E-state index contributed by atoms with van der Waals surface area (Å²) in [5, 5.41) is 6.32. The summed E-state index contributed by atoms with van der Waals surface area (Å²) < 4.78 is 19.9. The fourth-order valence-electron chi connectivity index (χ4n) is 5.04. The van der Waals surface area contributed by atoms with Crippen molar-refractivity contribution in [1.82, 2.24) is 15.2 Å². The minimum Gasteiger partial charge on any atom is -0.425 e. The van der Waals surface area contributed by atoms with E-state index in [4.69, 9.17) is 16.3 Å². The fourth-order valence-corrected chi connectivity index (χ4v) is 5.29. The minimum absolute atomic E-state index is 0.105. The van der Waals surface area contributed by atoms with Crippen LogP contribution in [-0.2, 0) is 17.8 Å². The number of H-pyrrole nitrogens is 1. The third-order valence-electron chi connectivity index (χ3n) is 7.19. The number of anilines is 1. The Morgan fingerprint density at radius 1 is 1.32 bits per heavy atom. The van der Waals surface area contributed by atoms with Crippen molar-refractivity contribution < 1.29 is 18.7 Å². The Balaban J connectivity index is 1.91. The highest BCUT2D eigenvalue weighted by molar-refractivity contribution is 6.33. The van der Waals surface area contributed by atoms with Crippen LogP contribution in [0.15, 0.2) is 10.9 Å². The van der Waals surface area contributed by atoms with E-state index in [1.54, 1.807) is 6.92 Å². The summed E-state index contributed by atoms with van der Waals surface area (Å²) in [5.74, 6) is -0.770. The van der Waals surface area contributed by atoms with Gasteiger partial charge in [-0.15, -0.1) is 0 Å². The summed E-state index contributed by atoms with van der Waals surface area (Å²) in [7, 11) is 2.11. The molecule has 1 saturated heterocycles. The monoisotopic (exact) mass is 534 g/mol. The number of hydrogen-bond donors (Lipinski definition) is 3. The molecule has 1 aromatic heterocycles. The van der Waals surface area contributed by atoms with Crippen molar-refractivity contribution >= 4 is 29.7 Å². The first-order valence-corrected chi connectivity index (χ1v) is 13.1. The van der Waals surface area contributed by atoms with Crippen molar-refractivity contribution in [2.24, 2.45) is 0 Å². The van der Waals surface area contributed by atoms with E-state index in [2.05, 4.69) is 34.5 Å². The zero-order chi connectivity index (χ0) is 27.3. The SMILES string of the molecule is CCCc1c(F)c(C)[nH]c(=O)c1CNC(=O)c1cc(Cl)c(OC=O)c(NC2CCN(C)C(CC)C2)c1C. The van der Waals surface area contributed by atoms with Gasteiger partial charge in [-0.2, -0.15) is 0 Å². The number of benzene rings is 1. The van der Waals surface area contributed by atoms with E-state index in [0.717, 1.165) is 25.8 Å². The topological polar surface area (TPSA) is 104 Å². The summed E-state index contributed by atoms with van der Waals surface area (Å²) in [6.45, 7) is 8.38. The fraction of sp³-hybridized carbons (Fsp3) is 0.519. The Hall–Kier alpha value is -2.91. The number of likely N-dealkylation sites (tertiary alicyclic amines) is 1. The van der Waals surface area contributed by atoms with Gasteiger partial charge in [-0.1, -0.05) is 31.9 Å². The largest absolute Gasteiger partial charge is 0.425 e. The second-order valence-corrected chi connectivity index (χ2v) is 10.0. The van der Waals surface area contributed by atoms with Crippen molar-refractivity contribution in [3.8, 4) is 5.75 Å². The molecule has 0 aliphatic carbocycles. The van der Waals surface area contributed by atoms with Crippen LogP contribution in [0, 0.1) is 19.7 Å². The summed E-state index contributed by atoms with van der Waals surface area (Å²) in [4.78, 5) is 41.9. The van der Waals surface area contributed by atoms with Crippen LogP contribution >= 0.6 is 11.6 Å². The predicted molar refractivity (Wildman–Crippen MR) is 143 cm³/mol. The second kappa shape index (κ2) is 12.6. The van der Waals surface area contributed by atoms with Crippen molar-refractivity contribution in [3.05, 3.63) is 55.2 Å². The molecule has 0 bridgehead atoms. The number of carbonyl (C=O) groups is 2. The number of aryl methyl sites for hydroxylation is 1. The van der Waals surface area contributed by atoms with Crippen LogP contribution in [0.1, 0.15) is 72.3 Å². The molecule has 8 nitrogen and oxygen atoms in total. The first-order valence-electron chi connectivity index (χ1n) is 12.7. The summed E-state index contributed by atoms with van der Waals surface area (Å²) in [6, 6.07) is 1.95. The Kier molecular flexibility index (Phi) is 9.73. The smallest absolute Gasteiger partial charge is 0.298 e. The van der Waals surface area contributed by atoms with Crippen LogP contribution in [0.2, 0.25) is 5.02 Å². The first kappa shape index (κ1) is 28.7. The van der Waals surface area contributed by atoms with Gasteiger partial charge in [-0.3, -0.25) is 14.4 Å². The van der Waals surface area contributed by atoms with Gasteiger partial charge in [0.15, 0.2) is 5.75 Å². The van der Waals surface area contributed by atoms with Crippen molar-refractivity contribution in [2.75, 3.05) is 18.9 Å². The van der Waals surface area contributed by atoms with E-state index in [1.165, 1.54) is 13.0 Å². The molecule has 37 heavy (non-hydrogen) atoms. The van der Waals surface area contributed by atoms with Crippen LogP contribution in [-0.4, -0.2) is 47.9 Å². The van der Waals surface area contributed by atoms with Crippen molar-refractivity contribution in [1.29, 1.82) is 0 Å². The summed E-state index contributed by atoms with van der Waals surface area (Å²) in [6.07, 6.45) is 3.81. The van der Waals surface area contributed by atoms with E-state index in [0.29, 0.717) is 42.2 Å². The Labute approximate surface area is 221 Å². The van der Waals surface area contributed by atoms with E-state index >= 15 is 0 Å². The zero-order valence-corrected chi connectivity index (χ0v) is 22.9. The summed E-state index contributed by atoms with van der Waals surface area (Å²) in [5.41, 5.74) is 1.56. The second-order valence-electron chi connectivity index (χ2n) is 9.64. The molecule has 1 amide bonds. The van der Waals surface area contributed by atoms with Crippen LogP contribution < -0.4 is 20.9 Å². The van der Waals surface area contributed by atoms with Gasteiger partial charge in [0.05, 0.1) is 16.4 Å². The number of halogens is 2. The lowest BCUT2D eigenvalue weighted by atomic mass is 9.95. The number of nitrogens with one attached hydrogen (secondary N) is 3. The molecule has 202 valence electrons. The predicted octanol–water partition coefficient (Wildman–Crippen LogP) is 4.49. The highest BCUT2D eigenvalue weighted by Gasteiger charge is 2.28. The third kappa shape index (κ3) is 6.33. The maximum absolute atomic E-state index is 14.7. The van der Waals surface area contributed by atoms with Gasteiger partial charge in [0.25, 0.3) is 17.9 Å². The minimum atomic E-state index is -0.474. The first-order chi connectivity index (χ1) is 17.6. The third-order valence-corrected chi connectivity index (χ3v) is 7.47. The molecule has 2 aromatic rings. The maximum Gasteiger partial charge on any atom is 0.298 e. The quantitative estimate of drug-likeness (QED) is 0.388. The van der Waals surface area contributed by atoms with Crippen molar-refractivity contribution in [3.63, 3.8) is 0 Å². The van der Waals surface area contributed by atoms with E-state index in [1.807, 2.05) is 6.92 Å². The molecule has 2 heterocycles. The average molecular weight is 535 g/mol. The Bertz CT molecular complexity index is 1220. The molecule has 1 aliphatic heterocycles. The molecule has 2 atom stereocenters. The number of pyridine rings is 1. The molecule has 2 unspecified atom stereocenters. The van der Waals surface area contributed by atoms with Crippen molar-refractivity contribution in [2.45, 2.75) is 78.4 Å². The highest BCUT2D eigenvalue weighted by atomic mass is 35.5. The number of ether oxygens (including phenoxy) is 1. The van der Waals surface area contributed by atoms with Crippen LogP contribution in [0.25, 0.3) is 0 Å². The van der Waals surface area contributed by atoms with Crippen LogP contribution in [0.3, 0.4) is 0 Å². The molecule has 3 N–H and O–H groups in total. The molecule has 0 saturated carbocycles. The van der Waals surface area contributed by atoms with Crippen LogP contribution in [0.5, 0.6) is 5.75 Å².